The summed E-state index contributed by atoms with van der Waals surface area (Å²) in [6.45, 7) is 9.08. The van der Waals surface area contributed by atoms with Gasteiger partial charge in [0.15, 0.2) is 0 Å². The molecule has 0 bridgehead atoms. The standard InChI is InChI=1S/C37H42ClN3O4S/c1-6-29(5)39-37(43)35(22-30-13-8-7-9-14-30)40(24-31-15-11-10-12-27(31)3)36(42)25-41(34-23-32(38)19-18-28(34)4)46(44,45)33-20-16-26(2)17-21-33/h7-21,23,29,35H,6,22,24-25H2,1-5H3,(H,39,43)/t29-,35-/m1/s1. The summed E-state index contributed by atoms with van der Waals surface area (Å²) >= 11 is 6.38. The Balaban J connectivity index is 1.85. The first-order chi connectivity index (χ1) is 21.9. The van der Waals surface area contributed by atoms with Crippen molar-refractivity contribution in [3.63, 3.8) is 0 Å². The highest BCUT2D eigenvalue weighted by molar-refractivity contribution is 7.92. The van der Waals surface area contributed by atoms with Crippen LogP contribution in [0.25, 0.3) is 0 Å². The number of aryl methyl sites for hydroxylation is 3. The molecule has 0 aliphatic rings. The number of halogens is 1. The van der Waals surface area contributed by atoms with Crippen molar-refractivity contribution in [2.45, 2.75) is 71.0 Å². The van der Waals surface area contributed by atoms with E-state index in [0.717, 1.165) is 26.6 Å². The topological polar surface area (TPSA) is 86.8 Å². The molecule has 9 heteroatoms. The van der Waals surface area contributed by atoms with Crippen LogP contribution in [0.15, 0.2) is 102 Å². The number of nitrogens with zero attached hydrogens (tertiary/aromatic N) is 2. The highest BCUT2D eigenvalue weighted by Crippen LogP contribution is 2.30. The zero-order valence-electron chi connectivity index (χ0n) is 27.0. The third-order valence-corrected chi connectivity index (χ3v) is 10.2. The van der Waals surface area contributed by atoms with E-state index in [9.17, 15) is 18.0 Å². The molecule has 0 aliphatic carbocycles. The Morgan fingerprint density at radius 3 is 2.15 bits per heavy atom. The molecule has 2 amide bonds. The number of sulfonamides is 1. The van der Waals surface area contributed by atoms with Crippen molar-refractivity contribution in [3.8, 4) is 0 Å². The smallest absolute Gasteiger partial charge is 0.264 e. The number of amides is 2. The molecule has 242 valence electrons. The number of anilines is 1. The lowest BCUT2D eigenvalue weighted by Gasteiger charge is -2.35. The van der Waals surface area contributed by atoms with Gasteiger partial charge < -0.3 is 10.2 Å². The van der Waals surface area contributed by atoms with Crippen LogP contribution in [-0.4, -0.2) is 43.8 Å². The van der Waals surface area contributed by atoms with Crippen LogP contribution in [0.2, 0.25) is 5.02 Å². The monoisotopic (exact) mass is 659 g/mol. The molecule has 0 saturated heterocycles. The third kappa shape index (κ3) is 8.56. The molecule has 7 nitrogen and oxygen atoms in total. The van der Waals surface area contributed by atoms with Gasteiger partial charge in [-0.3, -0.25) is 13.9 Å². The summed E-state index contributed by atoms with van der Waals surface area (Å²) in [6.07, 6.45) is 0.966. The third-order valence-electron chi connectivity index (χ3n) is 8.20. The minimum Gasteiger partial charge on any atom is -0.352 e. The second kappa shape index (κ2) is 15.4. The Bertz CT molecular complexity index is 1760. The SMILES string of the molecule is CC[C@@H](C)NC(=O)[C@@H](Cc1ccccc1)N(Cc1ccccc1C)C(=O)CN(c1cc(Cl)ccc1C)S(=O)(=O)c1ccc(C)cc1. The Morgan fingerprint density at radius 1 is 0.848 bits per heavy atom. The summed E-state index contributed by atoms with van der Waals surface area (Å²) < 4.78 is 29.7. The lowest BCUT2D eigenvalue weighted by atomic mass is 10.0. The van der Waals surface area contributed by atoms with E-state index in [2.05, 4.69) is 5.32 Å². The maximum Gasteiger partial charge on any atom is 0.264 e. The zero-order valence-corrected chi connectivity index (χ0v) is 28.6. The molecule has 0 aromatic heterocycles. The van der Waals surface area contributed by atoms with Crippen molar-refractivity contribution in [1.82, 2.24) is 10.2 Å². The Kier molecular flexibility index (Phi) is 11.7. The summed E-state index contributed by atoms with van der Waals surface area (Å²) in [7, 11) is -4.22. The number of carbonyl (C=O) groups excluding carboxylic acids is 2. The van der Waals surface area contributed by atoms with Crippen LogP contribution in [-0.2, 0) is 32.6 Å². The summed E-state index contributed by atoms with van der Waals surface area (Å²) in [5.74, 6) is -0.814. The average molecular weight is 660 g/mol. The van der Waals surface area contributed by atoms with Crippen LogP contribution >= 0.6 is 11.6 Å². The Hall–Kier alpha value is -4.14. The lowest BCUT2D eigenvalue weighted by molar-refractivity contribution is -0.140. The largest absolute Gasteiger partial charge is 0.352 e. The van der Waals surface area contributed by atoms with Crippen molar-refractivity contribution in [3.05, 3.63) is 130 Å². The van der Waals surface area contributed by atoms with Crippen LogP contribution in [0.1, 0.15) is 48.1 Å². The van der Waals surface area contributed by atoms with Gasteiger partial charge in [-0.25, -0.2) is 8.42 Å². The number of rotatable bonds is 13. The van der Waals surface area contributed by atoms with Crippen LogP contribution in [0.5, 0.6) is 0 Å². The molecule has 0 saturated carbocycles. The molecule has 0 unspecified atom stereocenters. The van der Waals surface area contributed by atoms with Gasteiger partial charge in [0.1, 0.15) is 12.6 Å². The molecule has 4 aromatic rings. The van der Waals surface area contributed by atoms with Gasteiger partial charge in [0.2, 0.25) is 11.8 Å². The van der Waals surface area contributed by atoms with Gasteiger partial charge in [-0.2, -0.15) is 0 Å². The van der Waals surface area contributed by atoms with E-state index in [4.69, 9.17) is 11.6 Å². The van der Waals surface area contributed by atoms with Crippen molar-refractivity contribution in [2.24, 2.45) is 0 Å². The molecule has 2 atom stereocenters. The molecule has 0 heterocycles. The van der Waals surface area contributed by atoms with Gasteiger partial charge >= 0.3 is 0 Å². The first-order valence-corrected chi connectivity index (χ1v) is 17.3. The fourth-order valence-electron chi connectivity index (χ4n) is 5.17. The fraction of sp³-hybridized carbons (Fsp3) is 0.297. The van der Waals surface area contributed by atoms with Crippen molar-refractivity contribution in [2.75, 3.05) is 10.8 Å². The minimum absolute atomic E-state index is 0.0473. The van der Waals surface area contributed by atoms with Gasteiger partial charge in [-0.1, -0.05) is 96.9 Å². The fourth-order valence-corrected chi connectivity index (χ4v) is 6.80. The van der Waals surface area contributed by atoms with E-state index < -0.39 is 28.5 Å². The van der Waals surface area contributed by atoms with Crippen molar-refractivity contribution in [1.29, 1.82) is 0 Å². The molecule has 46 heavy (non-hydrogen) atoms. The number of carbonyl (C=O) groups is 2. The molecular weight excluding hydrogens is 618 g/mol. The predicted octanol–water partition coefficient (Wildman–Crippen LogP) is 7.02. The average Bonchev–Trinajstić information content (AvgIpc) is 3.04. The second-order valence-electron chi connectivity index (χ2n) is 11.7. The van der Waals surface area contributed by atoms with E-state index in [1.165, 1.54) is 17.0 Å². The lowest BCUT2D eigenvalue weighted by Crippen LogP contribution is -2.54. The zero-order chi connectivity index (χ0) is 33.4. The number of nitrogens with one attached hydrogen (secondary N) is 1. The maximum atomic E-state index is 14.7. The van der Waals surface area contributed by atoms with E-state index in [1.54, 1.807) is 37.3 Å². The van der Waals surface area contributed by atoms with Gasteiger partial charge in [0.05, 0.1) is 10.6 Å². The molecule has 0 aliphatic heterocycles. The number of hydrogen-bond acceptors (Lipinski definition) is 4. The van der Waals surface area contributed by atoms with Gasteiger partial charge in [-0.15, -0.1) is 0 Å². The van der Waals surface area contributed by atoms with Crippen molar-refractivity contribution >= 4 is 39.1 Å². The van der Waals surface area contributed by atoms with Gasteiger partial charge in [0, 0.05) is 24.0 Å². The second-order valence-corrected chi connectivity index (χ2v) is 14.0. The molecule has 1 N–H and O–H groups in total. The highest BCUT2D eigenvalue weighted by Gasteiger charge is 2.35. The van der Waals surface area contributed by atoms with Crippen LogP contribution in [0.3, 0.4) is 0 Å². The first-order valence-electron chi connectivity index (χ1n) is 15.4. The molecule has 0 fully saturated rings. The summed E-state index contributed by atoms with van der Waals surface area (Å²) in [5.41, 5.74) is 4.52. The molecule has 0 radical (unpaired) electrons. The van der Waals surface area contributed by atoms with E-state index >= 15 is 0 Å². The quantitative estimate of drug-likeness (QED) is 0.167. The van der Waals surface area contributed by atoms with Gasteiger partial charge in [0.25, 0.3) is 10.0 Å². The molecule has 4 rings (SSSR count). The summed E-state index contributed by atoms with van der Waals surface area (Å²) in [4.78, 5) is 30.2. The van der Waals surface area contributed by atoms with E-state index in [0.29, 0.717) is 22.7 Å². The van der Waals surface area contributed by atoms with E-state index in [1.807, 2.05) is 82.3 Å². The Labute approximate surface area is 278 Å². The molecular formula is C37H42ClN3O4S. The summed E-state index contributed by atoms with van der Waals surface area (Å²) in [6, 6.07) is 27.6. The molecule has 4 aromatic carbocycles. The maximum absolute atomic E-state index is 14.7. The number of hydrogen-bond donors (Lipinski definition) is 1. The highest BCUT2D eigenvalue weighted by atomic mass is 35.5. The van der Waals surface area contributed by atoms with Crippen LogP contribution in [0, 0.1) is 20.8 Å². The Morgan fingerprint density at radius 2 is 1.50 bits per heavy atom. The van der Waals surface area contributed by atoms with Crippen LogP contribution < -0.4 is 9.62 Å². The molecule has 0 spiro atoms. The summed E-state index contributed by atoms with van der Waals surface area (Å²) in [5, 5.41) is 3.40. The van der Waals surface area contributed by atoms with Gasteiger partial charge in [-0.05, 0) is 80.6 Å². The predicted molar refractivity (Wildman–Crippen MR) is 185 cm³/mol. The number of benzene rings is 4. The van der Waals surface area contributed by atoms with Crippen LogP contribution in [0.4, 0.5) is 5.69 Å². The minimum atomic E-state index is -4.22. The normalized spacial score (nSPS) is 12.7. The first kappa shape index (κ1) is 34.7. The van der Waals surface area contributed by atoms with E-state index in [-0.39, 0.29) is 29.8 Å². The van der Waals surface area contributed by atoms with Crippen molar-refractivity contribution < 1.29 is 18.0 Å².